The van der Waals surface area contributed by atoms with Crippen LogP contribution >= 0.6 is 0 Å². The summed E-state index contributed by atoms with van der Waals surface area (Å²) in [6, 6.07) is 10.5. The van der Waals surface area contributed by atoms with Gasteiger partial charge >= 0.3 is 0 Å². The maximum atomic E-state index is 3.76. The van der Waals surface area contributed by atoms with Gasteiger partial charge in [0.2, 0.25) is 0 Å². The number of benzene rings is 1. The van der Waals surface area contributed by atoms with Crippen molar-refractivity contribution in [2.24, 2.45) is 0 Å². The van der Waals surface area contributed by atoms with E-state index in [0.717, 1.165) is 13.1 Å². The average molecular weight is 277 g/mol. The van der Waals surface area contributed by atoms with Crippen LogP contribution in [-0.4, -0.2) is 11.4 Å². The molecule has 0 saturated carbocycles. The van der Waals surface area contributed by atoms with Crippen LogP contribution in [-0.2, 0) is 6.54 Å². The van der Waals surface area contributed by atoms with Crippen LogP contribution in [0, 0.1) is 0 Å². The summed E-state index contributed by atoms with van der Waals surface area (Å²) in [7, 11) is 0. The molecular formula is C14H15BrN-. The number of allylic oxidation sites excluding steroid dienone is 3. The Morgan fingerprint density at radius 2 is 2.00 bits per heavy atom. The molecule has 1 aromatic carbocycles. The molecule has 0 spiro atoms. The van der Waals surface area contributed by atoms with Crippen LogP contribution in [0.3, 0.4) is 0 Å². The first-order valence-corrected chi connectivity index (χ1v) is 5.17. The van der Waals surface area contributed by atoms with Crippen molar-refractivity contribution in [3.8, 4) is 0 Å². The Hall–Kier alpha value is -1.28. The van der Waals surface area contributed by atoms with Crippen molar-refractivity contribution in [3.05, 3.63) is 72.5 Å². The Morgan fingerprint density at radius 3 is 2.56 bits per heavy atom. The van der Waals surface area contributed by atoms with Crippen molar-refractivity contribution in [2.45, 2.75) is 6.54 Å². The molecule has 1 aromatic rings. The SMILES string of the molecule is C=CC1=CCN(Cc2ccccc2)C=C1.[Br-]. The van der Waals surface area contributed by atoms with Crippen LogP contribution in [0.4, 0.5) is 0 Å². The molecule has 0 aromatic heterocycles. The number of nitrogens with zero attached hydrogens (tertiary/aromatic N) is 1. The van der Waals surface area contributed by atoms with Crippen molar-refractivity contribution in [2.75, 3.05) is 6.54 Å². The molecule has 0 bridgehead atoms. The van der Waals surface area contributed by atoms with Gasteiger partial charge in [0, 0.05) is 19.3 Å². The Morgan fingerprint density at radius 1 is 1.25 bits per heavy atom. The Balaban J connectivity index is 0.00000128. The lowest BCUT2D eigenvalue weighted by Gasteiger charge is -2.21. The molecule has 1 heterocycles. The molecule has 0 atom stereocenters. The topological polar surface area (TPSA) is 3.24 Å². The summed E-state index contributed by atoms with van der Waals surface area (Å²) >= 11 is 0. The first-order valence-electron chi connectivity index (χ1n) is 5.17. The number of rotatable bonds is 3. The monoisotopic (exact) mass is 276 g/mol. The molecule has 16 heavy (non-hydrogen) atoms. The van der Waals surface area contributed by atoms with E-state index in [1.165, 1.54) is 11.1 Å². The molecule has 0 aliphatic carbocycles. The lowest BCUT2D eigenvalue weighted by molar-refractivity contribution is -0.00000300. The maximum Gasteiger partial charge on any atom is 0.0427 e. The van der Waals surface area contributed by atoms with Crippen LogP contribution in [0.1, 0.15) is 5.56 Å². The minimum absolute atomic E-state index is 0. The second kappa shape index (κ2) is 6.33. The molecule has 0 N–H and O–H groups in total. The van der Waals surface area contributed by atoms with Gasteiger partial charge in [-0.15, -0.1) is 0 Å². The Labute approximate surface area is 108 Å². The predicted octanol–water partition coefficient (Wildman–Crippen LogP) is 0.132. The van der Waals surface area contributed by atoms with Crippen LogP contribution in [0.2, 0.25) is 0 Å². The van der Waals surface area contributed by atoms with Gasteiger partial charge in [-0.2, -0.15) is 0 Å². The number of halogens is 1. The zero-order valence-corrected chi connectivity index (χ0v) is 10.7. The first kappa shape index (κ1) is 12.8. The second-order valence-electron chi connectivity index (χ2n) is 3.64. The summed E-state index contributed by atoms with van der Waals surface area (Å²) in [5.74, 6) is 0. The largest absolute Gasteiger partial charge is 1.00 e. The molecule has 84 valence electrons. The molecule has 0 unspecified atom stereocenters. The highest BCUT2D eigenvalue weighted by atomic mass is 79.9. The van der Waals surface area contributed by atoms with Crippen LogP contribution in [0.25, 0.3) is 0 Å². The summed E-state index contributed by atoms with van der Waals surface area (Å²) in [4.78, 5) is 2.28. The van der Waals surface area contributed by atoms with Crippen LogP contribution in [0.5, 0.6) is 0 Å². The van der Waals surface area contributed by atoms with Gasteiger partial charge < -0.3 is 21.9 Å². The van der Waals surface area contributed by atoms with E-state index in [2.05, 4.69) is 54.1 Å². The van der Waals surface area contributed by atoms with Crippen molar-refractivity contribution in [1.29, 1.82) is 0 Å². The predicted molar refractivity (Wildman–Crippen MR) is 64.3 cm³/mol. The smallest absolute Gasteiger partial charge is 0.0427 e. The summed E-state index contributed by atoms with van der Waals surface area (Å²) in [6.07, 6.45) is 8.30. The molecule has 0 amide bonds. The zero-order chi connectivity index (χ0) is 10.5. The van der Waals surface area contributed by atoms with E-state index in [0.29, 0.717) is 0 Å². The first-order chi connectivity index (χ1) is 7.38. The lowest BCUT2D eigenvalue weighted by atomic mass is 10.1. The standard InChI is InChI=1S/C14H15N.BrH/c1-2-13-8-10-15(11-9-13)12-14-6-4-3-5-7-14;/h2-10H,1,11-12H2;1H/p-1. The van der Waals surface area contributed by atoms with E-state index >= 15 is 0 Å². The van der Waals surface area contributed by atoms with Gasteiger partial charge in [-0.05, 0) is 17.2 Å². The van der Waals surface area contributed by atoms with Crippen LogP contribution < -0.4 is 17.0 Å². The molecule has 0 fully saturated rings. The summed E-state index contributed by atoms with van der Waals surface area (Å²) in [5, 5.41) is 0. The normalized spacial score (nSPS) is 14.0. The fraction of sp³-hybridized carbons (Fsp3) is 0.143. The van der Waals surface area contributed by atoms with E-state index in [4.69, 9.17) is 0 Å². The fourth-order valence-corrected chi connectivity index (χ4v) is 1.63. The molecule has 2 rings (SSSR count). The zero-order valence-electron chi connectivity index (χ0n) is 9.14. The summed E-state index contributed by atoms with van der Waals surface area (Å²) in [5.41, 5.74) is 2.55. The molecule has 2 heteroatoms. The quantitative estimate of drug-likeness (QED) is 0.759. The molecular weight excluding hydrogens is 262 g/mol. The molecule has 1 aliphatic heterocycles. The van der Waals surface area contributed by atoms with Gasteiger partial charge in [0.25, 0.3) is 0 Å². The van der Waals surface area contributed by atoms with Gasteiger partial charge in [0.05, 0.1) is 0 Å². The van der Waals surface area contributed by atoms with Gasteiger partial charge in [-0.1, -0.05) is 49.1 Å². The van der Waals surface area contributed by atoms with E-state index in [9.17, 15) is 0 Å². The van der Waals surface area contributed by atoms with Crippen molar-refractivity contribution in [1.82, 2.24) is 4.90 Å². The van der Waals surface area contributed by atoms with Gasteiger partial charge in [0.15, 0.2) is 0 Å². The molecule has 1 nitrogen and oxygen atoms in total. The highest BCUT2D eigenvalue weighted by Gasteiger charge is 2.02. The fourth-order valence-electron chi connectivity index (χ4n) is 1.63. The highest BCUT2D eigenvalue weighted by Crippen LogP contribution is 2.11. The van der Waals surface area contributed by atoms with E-state index in [-0.39, 0.29) is 17.0 Å². The van der Waals surface area contributed by atoms with Gasteiger partial charge in [-0.25, -0.2) is 0 Å². The maximum absolute atomic E-state index is 3.76. The number of hydrogen-bond donors (Lipinski definition) is 0. The lowest BCUT2D eigenvalue weighted by Crippen LogP contribution is -3.00. The third kappa shape index (κ3) is 3.38. The molecule has 0 saturated heterocycles. The van der Waals surface area contributed by atoms with E-state index < -0.39 is 0 Å². The van der Waals surface area contributed by atoms with Crippen molar-refractivity contribution < 1.29 is 17.0 Å². The highest BCUT2D eigenvalue weighted by molar-refractivity contribution is 5.31. The van der Waals surface area contributed by atoms with Gasteiger partial charge in [-0.3, -0.25) is 0 Å². The minimum Gasteiger partial charge on any atom is -1.00 e. The average Bonchev–Trinajstić information content (AvgIpc) is 2.31. The summed E-state index contributed by atoms with van der Waals surface area (Å²) < 4.78 is 0. The third-order valence-electron chi connectivity index (χ3n) is 2.50. The minimum atomic E-state index is 0. The Kier molecular flexibility index (Phi) is 5.06. The Bertz CT molecular complexity index is 392. The van der Waals surface area contributed by atoms with Crippen molar-refractivity contribution in [3.63, 3.8) is 0 Å². The number of hydrogen-bond acceptors (Lipinski definition) is 1. The van der Waals surface area contributed by atoms with E-state index in [1.807, 2.05) is 12.1 Å². The van der Waals surface area contributed by atoms with Crippen molar-refractivity contribution >= 4 is 0 Å². The third-order valence-corrected chi connectivity index (χ3v) is 2.50. The van der Waals surface area contributed by atoms with Gasteiger partial charge in [0.1, 0.15) is 0 Å². The van der Waals surface area contributed by atoms with E-state index in [1.54, 1.807) is 0 Å². The van der Waals surface area contributed by atoms with Crippen LogP contribution in [0.15, 0.2) is 66.9 Å². The summed E-state index contributed by atoms with van der Waals surface area (Å²) in [6.45, 7) is 5.69. The second-order valence-corrected chi connectivity index (χ2v) is 3.64. The molecule has 1 aliphatic rings. The molecule has 0 radical (unpaired) electrons.